The van der Waals surface area contributed by atoms with Crippen molar-refractivity contribution in [2.24, 2.45) is 0 Å². The van der Waals surface area contributed by atoms with Crippen LogP contribution in [0.5, 0.6) is 5.75 Å². The van der Waals surface area contributed by atoms with E-state index in [9.17, 15) is 19.5 Å². The van der Waals surface area contributed by atoms with Crippen LogP contribution in [-0.2, 0) is 17.8 Å². The molecule has 0 radical (unpaired) electrons. The molecule has 0 spiro atoms. The van der Waals surface area contributed by atoms with E-state index in [-0.39, 0.29) is 25.4 Å². The molecule has 8 nitrogen and oxygen atoms in total. The summed E-state index contributed by atoms with van der Waals surface area (Å²) in [5, 5.41) is 17.1. The standard InChI is InChI=1S/C29H31N3O5/c1-37-22-11-7-10-21(16-22)18-30-19-26(33)25(17-20-8-3-2-4-9-20)31-27(34)14-15-32-28(35)23-12-5-6-13-24(23)29(32)36/h2-13,16,25-26,30,33H,14-15,17-19H2,1H3,(H,31,34)/t25-,26-/m1/s1. The Bertz CT molecular complexity index is 1210. The maximum Gasteiger partial charge on any atom is 0.261 e. The molecule has 3 aromatic rings. The summed E-state index contributed by atoms with van der Waals surface area (Å²) in [6.45, 7) is 0.758. The van der Waals surface area contributed by atoms with Crippen LogP contribution in [0.25, 0.3) is 0 Å². The van der Waals surface area contributed by atoms with E-state index in [0.717, 1.165) is 21.8 Å². The number of benzene rings is 3. The summed E-state index contributed by atoms with van der Waals surface area (Å²) in [6.07, 6.45) is -0.489. The average molecular weight is 502 g/mol. The van der Waals surface area contributed by atoms with Crippen LogP contribution in [0.15, 0.2) is 78.9 Å². The first-order chi connectivity index (χ1) is 18.0. The minimum atomic E-state index is -0.867. The third kappa shape index (κ3) is 6.61. The van der Waals surface area contributed by atoms with Gasteiger partial charge in [-0.1, -0.05) is 54.6 Å². The molecule has 3 N–H and O–H groups in total. The molecule has 2 atom stereocenters. The van der Waals surface area contributed by atoms with Gasteiger partial charge >= 0.3 is 0 Å². The third-order valence-electron chi connectivity index (χ3n) is 6.37. The summed E-state index contributed by atoms with van der Waals surface area (Å²) >= 11 is 0. The van der Waals surface area contributed by atoms with Gasteiger partial charge in [0.1, 0.15) is 5.75 Å². The summed E-state index contributed by atoms with van der Waals surface area (Å²) in [5.74, 6) is -0.372. The highest BCUT2D eigenvalue weighted by atomic mass is 16.5. The van der Waals surface area contributed by atoms with Crippen LogP contribution in [0.3, 0.4) is 0 Å². The number of carbonyl (C=O) groups is 3. The van der Waals surface area contributed by atoms with Gasteiger partial charge in [0.2, 0.25) is 5.91 Å². The predicted octanol–water partition coefficient (Wildman–Crippen LogP) is 2.56. The van der Waals surface area contributed by atoms with Gasteiger partial charge in [-0.2, -0.15) is 0 Å². The molecule has 1 heterocycles. The van der Waals surface area contributed by atoms with Gasteiger partial charge in [-0.25, -0.2) is 0 Å². The van der Waals surface area contributed by atoms with E-state index in [4.69, 9.17) is 4.74 Å². The van der Waals surface area contributed by atoms with Crippen molar-refractivity contribution in [3.05, 3.63) is 101 Å². The van der Waals surface area contributed by atoms with Crippen molar-refractivity contribution >= 4 is 17.7 Å². The number of methoxy groups -OCH3 is 1. The number of amides is 3. The Kier molecular flexibility index (Phi) is 8.66. The number of hydrogen-bond acceptors (Lipinski definition) is 6. The Morgan fingerprint density at radius 2 is 1.57 bits per heavy atom. The van der Waals surface area contributed by atoms with Crippen LogP contribution in [0.1, 0.15) is 38.3 Å². The molecule has 3 amide bonds. The number of nitrogens with one attached hydrogen (secondary N) is 2. The summed E-state index contributed by atoms with van der Waals surface area (Å²) < 4.78 is 5.25. The van der Waals surface area contributed by atoms with Gasteiger partial charge in [-0.05, 0) is 41.8 Å². The number of ether oxygens (including phenoxy) is 1. The lowest BCUT2D eigenvalue weighted by Crippen LogP contribution is -2.49. The molecule has 0 saturated carbocycles. The largest absolute Gasteiger partial charge is 0.497 e. The molecule has 0 fully saturated rings. The van der Waals surface area contributed by atoms with Gasteiger partial charge in [-0.15, -0.1) is 0 Å². The number of aliphatic hydroxyl groups excluding tert-OH is 1. The van der Waals surface area contributed by atoms with E-state index in [0.29, 0.717) is 24.1 Å². The van der Waals surface area contributed by atoms with E-state index < -0.39 is 24.0 Å². The summed E-state index contributed by atoms with van der Waals surface area (Å²) in [6, 6.07) is 23.3. The first-order valence-corrected chi connectivity index (χ1v) is 12.3. The van der Waals surface area contributed by atoms with Crippen molar-refractivity contribution in [2.45, 2.75) is 31.5 Å². The Balaban J connectivity index is 1.34. The SMILES string of the molecule is COc1cccc(CNC[C@@H](O)[C@@H](Cc2ccccc2)NC(=O)CCN2C(=O)c3ccccc3C2=O)c1. The molecule has 0 aliphatic carbocycles. The zero-order valence-corrected chi connectivity index (χ0v) is 20.7. The normalized spacial score (nSPS) is 14.3. The van der Waals surface area contributed by atoms with Crippen LogP contribution >= 0.6 is 0 Å². The molecule has 8 heteroatoms. The topological polar surface area (TPSA) is 108 Å². The Labute approximate surface area is 216 Å². The number of rotatable bonds is 12. The monoisotopic (exact) mass is 501 g/mol. The van der Waals surface area contributed by atoms with Crippen LogP contribution in [-0.4, -0.2) is 60.1 Å². The Hall–Kier alpha value is -4.01. The second-order valence-corrected chi connectivity index (χ2v) is 8.97. The van der Waals surface area contributed by atoms with Gasteiger partial charge in [0.15, 0.2) is 0 Å². The zero-order chi connectivity index (χ0) is 26.2. The van der Waals surface area contributed by atoms with Gasteiger partial charge in [0.25, 0.3) is 11.8 Å². The molecule has 0 aromatic heterocycles. The minimum Gasteiger partial charge on any atom is -0.497 e. The van der Waals surface area contributed by atoms with E-state index in [2.05, 4.69) is 10.6 Å². The number of fused-ring (bicyclic) bond motifs is 1. The van der Waals surface area contributed by atoms with E-state index in [1.165, 1.54) is 0 Å². The van der Waals surface area contributed by atoms with Crippen molar-refractivity contribution in [1.82, 2.24) is 15.5 Å². The highest BCUT2D eigenvalue weighted by Gasteiger charge is 2.35. The van der Waals surface area contributed by atoms with Crippen molar-refractivity contribution < 1.29 is 24.2 Å². The molecule has 1 aliphatic rings. The molecule has 192 valence electrons. The fraction of sp³-hybridized carbons (Fsp3) is 0.276. The van der Waals surface area contributed by atoms with Gasteiger partial charge in [0.05, 0.1) is 30.4 Å². The maximum atomic E-state index is 12.9. The number of imide groups is 1. The highest BCUT2D eigenvalue weighted by Crippen LogP contribution is 2.22. The van der Waals surface area contributed by atoms with E-state index in [1.54, 1.807) is 31.4 Å². The van der Waals surface area contributed by atoms with Crippen LogP contribution in [0.2, 0.25) is 0 Å². The smallest absolute Gasteiger partial charge is 0.261 e. The second-order valence-electron chi connectivity index (χ2n) is 8.97. The first-order valence-electron chi connectivity index (χ1n) is 12.3. The maximum absolute atomic E-state index is 12.9. The van der Waals surface area contributed by atoms with Crippen molar-refractivity contribution in [3.8, 4) is 5.75 Å². The van der Waals surface area contributed by atoms with Gasteiger partial charge in [0, 0.05) is 26.1 Å². The lowest BCUT2D eigenvalue weighted by atomic mass is 10.0. The first kappa shape index (κ1) is 26.1. The molecule has 4 rings (SSSR count). The number of aliphatic hydroxyl groups is 1. The molecule has 37 heavy (non-hydrogen) atoms. The van der Waals surface area contributed by atoms with Crippen LogP contribution < -0.4 is 15.4 Å². The zero-order valence-electron chi connectivity index (χ0n) is 20.7. The highest BCUT2D eigenvalue weighted by molar-refractivity contribution is 6.21. The molecule has 0 unspecified atom stereocenters. The van der Waals surface area contributed by atoms with Crippen molar-refractivity contribution in [2.75, 3.05) is 20.2 Å². The van der Waals surface area contributed by atoms with Crippen LogP contribution in [0, 0.1) is 0 Å². The van der Waals surface area contributed by atoms with E-state index >= 15 is 0 Å². The lowest BCUT2D eigenvalue weighted by Gasteiger charge is -2.25. The van der Waals surface area contributed by atoms with Gasteiger partial charge in [-0.3, -0.25) is 19.3 Å². The minimum absolute atomic E-state index is 0.0274. The third-order valence-corrected chi connectivity index (χ3v) is 6.37. The predicted molar refractivity (Wildman–Crippen MR) is 139 cm³/mol. The molecule has 1 aliphatic heterocycles. The number of hydrogen-bond donors (Lipinski definition) is 3. The molecular formula is C29H31N3O5. The average Bonchev–Trinajstić information content (AvgIpc) is 3.17. The summed E-state index contributed by atoms with van der Waals surface area (Å²) in [7, 11) is 1.61. The van der Waals surface area contributed by atoms with Gasteiger partial charge < -0.3 is 20.5 Å². The van der Waals surface area contributed by atoms with Crippen molar-refractivity contribution in [1.29, 1.82) is 0 Å². The summed E-state index contributed by atoms with van der Waals surface area (Å²) in [5.41, 5.74) is 2.69. The molecule has 0 bridgehead atoms. The quantitative estimate of drug-likeness (QED) is 0.329. The number of nitrogens with zero attached hydrogens (tertiary/aromatic N) is 1. The fourth-order valence-electron chi connectivity index (χ4n) is 4.37. The molecule has 0 saturated heterocycles. The Morgan fingerprint density at radius 1 is 0.919 bits per heavy atom. The summed E-state index contributed by atoms with van der Waals surface area (Å²) in [4.78, 5) is 39.1. The lowest BCUT2D eigenvalue weighted by molar-refractivity contribution is -0.122. The molecular weight excluding hydrogens is 470 g/mol. The van der Waals surface area contributed by atoms with E-state index in [1.807, 2.05) is 54.6 Å². The molecule has 3 aromatic carbocycles. The second kappa shape index (κ2) is 12.3. The fourth-order valence-corrected chi connectivity index (χ4v) is 4.37. The number of carbonyl (C=O) groups excluding carboxylic acids is 3. The Morgan fingerprint density at radius 3 is 2.24 bits per heavy atom. The van der Waals surface area contributed by atoms with Crippen molar-refractivity contribution in [3.63, 3.8) is 0 Å². The van der Waals surface area contributed by atoms with Crippen LogP contribution in [0.4, 0.5) is 0 Å².